The lowest BCUT2D eigenvalue weighted by Crippen LogP contribution is -2.54. The van der Waals surface area contributed by atoms with E-state index in [1.165, 1.54) is 6.08 Å². The van der Waals surface area contributed by atoms with Crippen LogP contribution in [0.3, 0.4) is 0 Å². The van der Waals surface area contributed by atoms with Crippen molar-refractivity contribution in [3.05, 3.63) is 65.2 Å². The van der Waals surface area contributed by atoms with Crippen molar-refractivity contribution in [1.82, 2.24) is 5.32 Å². The Bertz CT molecular complexity index is 1050. The van der Waals surface area contributed by atoms with Gasteiger partial charge in [0.2, 0.25) is 0 Å². The molecule has 0 atom stereocenters. The largest absolute Gasteiger partial charge is 0.482 e. The van der Waals surface area contributed by atoms with Gasteiger partial charge in [-0.15, -0.1) is 0 Å². The number of ether oxygens (including phenoxy) is 2. The van der Waals surface area contributed by atoms with Gasteiger partial charge in [-0.05, 0) is 61.7 Å². The summed E-state index contributed by atoms with van der Waals surface area (Å²) < 4.78 is 10.4. The first-order valence-electron chi connectivity index (χ1n) is 10.2. The van der Waals surface area contributed by atoms with E-state index in [0.717, 1.165) is 16.9 Å². The summed E-state index contributed by atoms with van der Waals surface area (Å²) in [5.41, 5.74) is 1.82. The third-order valence-corrected chi connectivity index (χ3v) is 4.62. The monoisotopic (exact) mass is 436 g/mol. The smallest absolute Gasteiger partial charge is 0.344 e. The van der Waals surface area contributed by atoms with Gasteiger partial charge in [-0.3, -0.25) is 14.9 Å². The summed E-state index contributed by atoms with van der Waals surface area (Å²) in [4.78, 5) is 50.0. The average molecular weight is 436 g/mol. The van der Waals surface area contributed by atoms with Gasteiger partial charge in [-0.2, -0.15) is 0 Å². The molecule has 0 radical (unpaired) electrons. The van der Waals surface area contributed by atoms with Gasteiger partial charge in [0, 0.05) is 0 Å². The fourth-order valence-electron chi connectivity index (χ4n) is 3.04. The van der Waals surface area contributed by atoms with Crippen molar-refractivity contribution >= 4 is 35.6 Å². The number of carbonyl (C=O) groups is 4. The average Bonchev–Trinajstić information content (AvgIpc) is 2.76. The maximum atomic E-state index is 12.9. The quantitative estimate of drug-likeness (QED) is 0.406. The molecule has 0 spiro atoms. The molecular weight excluding hydrogens is 412 g/mol. The number of aryl methyl sites for hydroxylation is 1. The van der Waals surface area contributed by atoms with Crippen LogP contribution in [-0.4, -0.2) is 36.5 Å². The molecule has 1 saturated heterocycles. The van der Waals surface area contributed by atoms with Crippen LogP contribution in [0.25, 0.3) is 6.08 Å². The highest BCUT2D eigenvalue weighted by molar-refractivity contribution is 6.39. The maximum Gasteiger partial charge on any atom is 0.344 e. The molecule has 3 rings (SSSR count). The topological polar surface area (TPSA) is 102 Å². The molecule has 4 amide bonds. The Morgan fingerprint density at radius 3 is 2.28 bits per heavy atom. The number of carbonyl (C=O) groups excluding carboxylic acids is 4. The molecule has 8 heteroatoms. The van der Waals surface area contributed by atoms with E-state index in [2.05, 4.69) is 5.32 Å². The van der Waals surface area contributed by atoms with Crippen LogP contribution >= 0.6 is 0 Å². The minimum atomic E-state index is -0.793. The van der Waals surface area contributed by atoms with E-state index in [-0.39, 0.29) is 18.3 Å². The van der Waals surface area contributed by atoms with Crippen LogP contribution in [0, 0.1) is 0 Å². The lowest BCUT2D eigenvalue weighted by Gasteiger charge is -2.26. The van der Waals surface area contributed by atoms with E-state index in [9.17, 15) is 19.2 Å². The van der Waals surface area contributed by atoms with Gasteiger partial charge >= 0.3 is 12.0 Å². The number of nitrogens with one attached hydrogen (secondary N) is 1. The Kier molecular flexibility index (Phi) is 7.04. The summed E-state index contributed by atoms with van der Waals surface area (Å²) in [6, 6.07) is 12.7. The lowest BCUT2D eigenvalue weighted by molar-refractivity contribution is -0.149. The summed E-state index contributed by atoms with van der Waals surface area (Å²) in [6.45, 7) is 5.27. The number of amides is 4. The summed E-state index contributed by atoms with van der Waals surface area (Å²) in [5.74, 6) is -1.52. The predicted molar refractivity (Wildman–Crippen MR) is 118 cm³/mol. The van der Waals surface area contributed by atoms with Crippen molar-refractivity contribution in [3.8, 4) is 5.75 Å². The summed E-state index contributed by atoms with van der Waals surface area (Å²) in [7, 11) is 0. The second-order valence-electron chi connectivity index (χ2n) is 7.37. The van der Waals surface area contributed by atoms with E-state index in [1.807, 2.05) is 19.1 Å². The second kappa shape index (κ2) is 9.91. The Balaban J connectivity index is 1.76. The van der Waals surface area contributed by atoms with Gasteiger partial charge in [0.15, 0.2) is 6.61 Å². The number of barbiturate groups is 1. The van der Waals surface area contributed by atoms with Crippen LogP contribution in [-0.2, 0) is 25.5 Å². The highest BCUT2D eigenvalue weighted by Crippen LogP contribution is 2.23. The van der Waals surface area contributed by atoms with E-state index in [4.69, 9.17) is 9.47 Å². The number of benzene rings is 2. The molecule has 2 aromatic rings. The van der Waals surface area contributed by atoms with Crippen LogP contribution in [0.15, 0.2) is 54.1 Å². The molecule has 166 valence electrons. The van der Waals surface area contributed by atoms with Crippen molar-refractivity contribution in [3.63, 3.8) is 0 Å². The van der Waals surface area contributed by atoms with Gasteiger partial charge < -0.3 is 9.47 Å². The summed E-state index contributed by atoms with van der Waals surface area (Å²) >= 11 is 0. The molecule has 2 aromatic carbocycles. The number of nitrogens with zero attached hydrogens (tertiary/aromatic N) is 1. The molecule has 32 heavy (non-hydrogen) atoms. The number of urea groups is 1. The fraction of sp³-hybridized carbons (Fsp3) is 0.250. The van der Waals surface area contributed by atoms with E-state index in [0.29, 0.717) is 17.0 Å². The number of rotatable bonds is 7. The first-order valence-corrected chi connectivity index (χ1v) is 10.2. The van der Waals surface area contributed by atoms with Gasteiger partial charge in [-0.1, -0.05) is 31.2 Å². The van der Waals surface area contributed by atoms with E-state index >= 15 is 0 Å². The standard InChI is InChI=1S/C24H24N2O6/c1-4-16-5-9-18(10-6-16)26-23(29)20(22(28)25-24(26)30)13-17-7-11-19(12-8-17)31-14-21(27)32-15(2)3/h5-13,15H,4,14H2,1-3H3,(H,25,28,30)/b20-13+. The van der Waals surface area contributed by atoms with Crippen LogP contribution in [0.5, 0.6) is 5.75 Å². The minimum Gasteiger partial charge on any atom is -0.482 e. The van der Waals surface area contributed by atoms with Crippen LogP contribution in [0.1, 0.15) is 31.9 Å². The number of anilines is 1. The molecule has 1 fully saturated rings. The first kappa shape index (κ1) is 22.7. The van der Waals surface area contributed by atoms with Gasteiger partial charge in [0.1, 0.15) is 11.3 Å². The van der Waals surface area contributed by atoms with Gasteiger partial charge in [-0.25, -0.2) is 14.5 Å². The Hall–Kier alpha value is -3.94. The first-order chi connectivity index (χ1) is 15.3. The number of hydrogen-bond acceptors (Lipinski definition) is 6. The van der Waals surface area contributed by atoms with Crippen molar-refractivity contribution in [2.75, 3.05) is 11.5 Å². The summed E-state index contributed by atoms with van der Waals surface area (Å²) in [6.07, 6.45) is 1.99. The number of esters is 1. The zero-order chi connectivity index (χ0) is 23.3. The Morgan fingerprint density at radius 1 is 1.03 bits per heavy atom. The third-order valence-electron chi connectivity index (χ3n) is 4.62. The molecule has 0 aromatic heterocycles. The third kappa shape index (κ3) is 5.40. The van der Waals surface area contributed by atoms with Crippen molar-refractivity contribution in [2.24, 2.45) is 0 Å². The van der Waals surface area contributed by atoms with Gasteiger partial charge in [0.05, 0.1) is 11.8 Å². The SMILES string of the molecule is CCc1ccc(N2C(=O)NC(=O)/C(=C\c3ccc(OCC(=O)OC(C)C)cc3)C2=O)cc1. The molecule has 0 bridgehead atoms. The maximum absolute atomic E-state index is 12.9. The van der Waals surface area contributed by atoms with Crippen molar-refractivity contribution < 1.29 is 28.7 Å². The molecule has 1 aliphatic heterocycles. The van der Waals surface area contributed by atoms with Crippen molar-refractivity contribution in [1.29, 1.82) is 0 Å². The molecule has 1 heterocycles. The summed E-state index contributed by atoms with van der Waals surface area (Å²) in [5, 5.41) is 2.20. The zero-order valence-corrected chi connectivity index (χ0v) is 18.1. The minimum absolute atomic E-state index is 0.168. The highest BCUT2D eigenvalue weighted by Gasteiger charge is 2.36. The second-order valence-corrected chi connectivity index (χ2v) is 7.37. The normalized spacial score (nSPS) is 15.2. The van der Waals surface area contributed by atoms with Gasteiger partial charge in [0.25, 0.3) is 11.8 Å². The lowest BCUT2D eigenvalue weighted by atomic mass is 10.1. The van der Waals surface area contributed by atoms with Crippen LogP contribution in [0.2, 0.25) is 0 Å². The Labute approximate surface area is 185 Å². The fourth-order valence-corrected chi connectivity index (χ4v) is 3.04. The predicted octanol–water partition coefficient (Wildman–Crippen LogP) is 3.25. The molecule has 0 aliphatic carbocycles. The van der Waals surface area contributed by atoms with Crippen molar-refractivity contribution in [2.45, 2.75) is 33.3 Å². The molecule has 1 aliphatic rings. The molecule has 0 saturated carbocycles. The Morgan fingerprint density at radius 2 is 1.69 bits per heavy atom. The number of hydrogen-bond donors (Lipinski definition) is 1. The molecular formula is C24H24N2O6. The molecule has 1 N–H and O–H groups in total. The molecule has 8 nitrogen and oxygen atoms in total. The van der Waals surface area contributed by atoms with E-state index < -0.39 is 23.8 Å². The molecule has 0 unspecified atom stereocenters. The highest BCUT2D eigenvalue weighted by atomic mass is 16.6. The van der Waals surface area contributed by atoms with Crippen LogP contribution < -0.4 is 15.0 Å². The van der Waals surface area contributed by atoms with Crippen LogP contribution in [0.4, 0.5) is 10.5 Å². The zero-order valence-electron chi connectivity index (χ0n) is 18.1. The number of imide groups is 2. The van der Waals surface area contributed by atoms with E-state index in [1.54, 1.807) is 50.2 Å².